The maximum absolute atomic E-state index is 14.1. The molecule has 1 heterocycles. The highest BCUT2D eigenvalue weighted by atomic mass is 32.2. The summed E-state index contributed by atoms with van der Waals surface area (Å²) < 4.78 is 42.1. The number of hydrogen-bond acceptors (Lipinski definition) is 4. The predicted molar refractivity (Wildman–Crippen MR) is 111 cm³/mol. The molecule has 3 rings (SSSR count). The van der Waals surface area contributed by atoms with Crippen LogP contribution in [0, 0.1) is 5.82 Å². The van der Waals surface area contributed by atoms with Crippen LogP contribution in [-0.4, -0.2) is 37.3 Å². The van der Waals surface area contributed by atoms with Gasteiger partial charge in [0.25, 0.3) is 0 Å². The Kier molecular flexibility index (Phi) is 6.91. The molecule has 0 bridgehead atoms. The molecule has 1 aromatic heterocycles. The van der Waals surface area contributed by atoms with Gasteiger partial charge < -0.3 is 4.90 Å². The summed E-state index contributed by atoms with van der Waals surface area (Å²) >= 11 is 0. The number of pyridine rings is 1. The van der Waals surface area contributed by atoms with E-state index >= 15 is 0 Å². The Balaban J connectivity index is 1.86. The first kappa shape index (κ1) is 21.6. The molecule has 2 aromatic carbocycles. The molecule has 0 fully saturated rings. The Hall–Kier alpha value is -3.10. The number of amides is 1. The van der Waals surface area contributed by atoms with Gasteiger partial charge in [0, 0.05) is 26.0 Å². The third-order valence-corrected chi connectivity index (χ3v) is 6.05. The number of carbonyl (C=O) groups is 1. The fourth-order valence-corrected chi connectivity index (χ4v) is 4.32. The highest BCUT2D eigenvalue weighted by Gasteiger charge is 2.29. The summed E-state index contributed by atoms with van der Waals surface area (Å²) in [6.45, 7) is 0.286. The molecule has 3 aromatic rings. The normalized spacial score (nSPS) is 12.3. The second-order valence-electron chi connectivity index (χ2n) is 6.84. The van der Waals surface area contributed by atoms with Gasteiger partial charge in [-0.2, -0.15) is 4.72 Å². The summed E-state index contributed by atoms with van der Waals surface area (Å²) in [6, 6.07) is 16.6. The molecule has 1 amide bonds. The molecule has 1 atom stereocenters. The van der Waals surface area contributed by atoms with Crippen molar-refractivity contribution in [3.05, 3.63) is 96.1 Å². The zero-order valence-electron chi connectivity index (χ0n) is 16.4. The van der Waals surface area contributed by atoms with E-state index in [-0.39, 0.29) is 13.0 Å². The van der Waals surface area contributed by atoms with Crippen LogP contribution < -0.4 is 4.72 Å². The average Bonchev–Trinajstić information content (AvgIpc) is 2.74. The van der Waals surface area contributed by atoms with Crippen LogP contribution in [0.15, 0.2) is 84.0 Å². The predicted octanol–water partition coefficient (Wildman–Crippen LogP) is 2.77. The highest BCUT2D eigenvalue weighted by molar-refractivity contribution is 7.89. The molecule has 0 spiro atoms. The number of rotatable bonds is 8. The standard InChI is InChI=1S/C22H22FN3O3S/c1-26(16-18-11-13-24-14-12-18)22(27)20(15-17-7-3-2-4-8-17)25-30(28,29)21-10-6-5-9-19(21)23/h2-14,20,25H,15-16H2,1H3/t20-/m0/s1. The van der Waals surface area contributed by atoms with Crippen molar-refractivity contribution in [2.45, 2.75) is 23.9 Å². The smallest absolute Gasteiger partial charge is 0.244 e. The van der Waals surface area contributed by atoms with E-state index in [1.54, 1.807) is 43.7 Å². The molecule has 1 N–H and O–H groups in total. The second kappa shape index (κ2) is 9.60. The highest BCUT2D eigenvalue weighted by Crippen LogP contribution is 2.16. The summed E-state index contributed by atoms with van der Waals surface area (Å²) in [4.78, 5) is 18.0. The monoisotopic (exact) mass is 427 g/mol. The minimum absolute atomic E-state index is 0.133. The summed E-state index contributed by atoms with van der Waals surface area (Å²) in [5, 5.41) is 0. The van der Waals surface area contributed by atoms with E-state index in [9.17, 15) is 17.6 Å². The zero-order chi connectivity index (χ0) is 21.6. The van der Waals surface area contributed by atoms with Gasteiger partial charge in [-0.3, -0.25) is 9.78 Å². The lowest BCUT2D eigenvalue weighted by atomic mass is 10.1. The van der Waals surface area contributed by atoms with Crippen molar-refractivity contribution in [1.29, 1.82) is 0 Å². The molecule has 0 saturated carbocycles. The molecule has 6 nitrogen and oxygen atoms in total. The number of aromatic nitrogens is 1. The van der Waals surface area contributed by atoms with Crippen molar-refractivity contribution < 1.29 is 17.6 Å². The number of nitrogens with zero attached hydrogens (tertiary/aromatic N) is 2. The molecular formula is C22H22FN3O3S. The minimum atomic E-state index is -4.24. The summed E-state index contributed by atoms with van der Waals surface area (Å²) in [5.41, 5.74) is 1.64. The minimum Gasteiger partial charge on any atom is -0.340 e. The number of hydrogen-bond donors (Lipinski definition) is 1. The van der Waals surface area contributed by atoms with Gasteiger partial charge in [-0.25, -0.2) is 12.8 Å². The number of sulfonamides is 1. The van der Waals surface area contributed by atoms with Crippen molar-refractivity contribution in [3.8, 4) is 0 Å². The molecule has 156 valence electrons. The Bertz CT molecular complexity index is 1090. The van der Waals surface area contributed by atoms with Gasteiger partial charge in [0.1, 0.15) is 16.8 Å². The average molecular weight is 428 g/mol. The van der Waals surface area contributed by atoms with Crippen molar-refractivity contribution in [2.75, 3.05) is 7.05 Å². The summed E-state index contributed by atoms with van der Waals surface area (Å²) in [6.07, 6.45) is 3.38. The van der Waals surface area contributed by atoms with Gasteiger partial charge in [-0.15, -0.1) is 0 Å². The lowest BCUT2D eigenvalue weighted by molar-refractivity contribution is -0.132. The van der Waals surface area contributed by atoms with Gasteiger partial charge in [0.05, 0.1) is 0 Å². The Morgan fingerprint density at radius 1 is 1.00 bits per heavy atom. The van der Waals surface area contributed by atoms with Crippen LogP contribution in [0.4, 0.5) is 4.39 Å². The third-order valence-electron chi connectivity index (χ3n) is 4.55. The zero-order valence-corrected chi connectivity index (χ0v) is 17.2. The Morgan fingerprint density at radius 3 is 2.30 bits per heavy atom. The fraction of sp³-hybridized carbons (Fsp3) is 0.182. The van der Waals surface area contributed by atoms with Crippen LogP contribution in [-0.2, 0) is 27.8 Å². The molecular weight excluding hydrogens is 405 g/mol. The van der Waals surface area contributed by atoms with Crippen LogP contribution in [0.1, 0.15) is 11.1 Å². The Morgan fingerprint density at radius 2 is 1.63 bits per heavy atom. The molecule has 0 unspecified atom stereocenters. The maximum atomic E-state index is 14.1. The van der Waals surface area contributed by atoms with Gasteiger partial charge >= 0.3 is 0 Å². The van der Waals surface area contributed by atoms with Crippen molar-refractivity contribution >= 4 is 15.9 Å². The van der Waals surface area contributed by atoms with Gasteiger partial charge in [-0.05, 0) is 41.8 Å². The largest absolute Gasteiger partial charge is 0.340 e. The first-order chi connectivity index (χ1) is 14.4. The van der Waals surface area contributed by atoms with Crippen LogP contribution in [0.3, 0.4) is 0 Å². The maximum Gasteiger partial charge on any atom is 0.244 e. The van der Waals surface area contributed by atoms with Crippen molar-refractivity contribution in [2.24, 2.45) is 0 Å². The Labute approximate surface area is 175 Å². The fourth-order valence-electron chi connectivity index (χ4n) is 3.05. The number of likely N-dealkylation sites (N-methyl/N-ethyl adjacent to an activating group) is 1. The summed E-state index contributed by atoms with van der Waals surface area (Å²) in [7, 11) is -2.65. The van der Waals surface area contributed by atoms with Crippen LogP contribution in [0.5, 0.6) is 0 Å². The molecule has 0 aliphatic heterocycles. The van der Waals surface area contributed by atoms with Gasteiger partial charge in [0.2, 0.25) is 15.9 Å². The molecule has 30 heavy (non-hydrogen) atoms. The molecule has 0 radical (unpaired) electrons. The van der Waals surface area contributed by atoms with Crippen LogP contribution in [0.2, 0.25) is 0 Å². The lowest BCUT2D eigenvalue weighted by Gasteiger charge is -2.25. The first-order valence-corrected chi connectivity index (χ1v) is 10.8. The van der Waals surface area contributed by atoms with E-state index in [2.05, 4.69) is 9.71 Å². The van der Waals surface area contributed by atoms with E-state index < -0.39 is 32.7 Å². The number of nitrogens with one attached hydrogen (secondary N) is 1. The molecule has 8 heteroatoms. The first-order valence-electron chi connectivity index (χ1n) is 9.31. The molecule has 0 saturated heterocycles. The molecule has 0 aliphatic carbocycles. The second-order valence-corrected chi connectivity index (χ2v) is 8.53. The van der Waals surface area contributed by atoms with E-state index in [0.29, 0.717) is 0 Å². The van der Waals surface area contributed by atoms with Gasteiger partial charge in [-0.1, -0.05) is 42.5 Å². The number of benzene rings is 2. The molecule has 0 aliphatic rings. The van der Waals surface area contributed by atoms with Crippen LogP contribution in [0.25, 0.3) is 0 Å². The van der Waals surface area contributed by atoms with Crippen molar-refractivity contribution in [3.63, 3.8) is 0 Å². The number of carbonyl (C=O) groups excluding carboxylic acids is 1. The topological polar surface area (TPSA) is 79.4 Å². The van der Waals surface area contributed by atoms with Crippen molar-refractivity contribution in [1.82, 2.24) is 14.6 Å². The van der Waals surface area contributed by atoms with E-state index in [1.165, 1.54) is 23.1 Å². The third kappa shape index (κ3) is 5.49. The lowest BCUT2D eigenvalue weighted by Crippen LogP contribution is -2.48. The van der Waals surface area contributed by atoms with E-state index in [0.717, 1.165) is 17.2 Å². The summed E-state index contributed by atoms with van der Waals surface area (Å²) in [5.74, 6) is -1.29. The number of halogens is 1. The van der Waals surface area contributed by atoms with Gasteiger partial charge in [0.15, 0.2) is 0 Å². The van der Waals surface area contributed by atoms with Crippen LogP contribution >= 0.6 is 0 Å². The SMILES string of the molecule is CN(Cc1ccncc1)C(=O)[C@H](Cc1ccccc1)NS(=O)(=O)c1ccccc1F. The van der Waals surface area contributed by atoms with E-state index in [4.69, 9.17) is 0 Å². The van der Waals surface area contributed by atoms with E-state index in [1.807, 2.05) is 18.2 Å². The quantitative estimate of drug-likeness (QED) is 0.600.